The third-order valence-corrected chi connectivity index (χ3v) is 3.67. The quantitative estimate of drug-likeness (QED) is 0.851. The highest BCUT2D eigenvalue weighted by molar-refractivity contribution is 5.06. The maximum atomic E-state index is 10.2. The van der Waals surface area contributed by atoms with E-state index in [9.17, 15) is 5.11 Å². The van der Waals surface area contributed by atoms with Gasteiger partial charge in [0.15, 0.2) is 5.82 Å². The summed E-state index contributed by atoms with van der Waals surface area (Å²) in [4.78, 5) is 6.51. The Morgan fingerprint density at radius 2 is 2.18 bits per heavy atom. The van der Waals surface area contributed by atoms with Crippen LogP contribution in [0, 0.1) is 5.92 Å². The number of aliphatic hydroxyl groups is 1. The molecule has 1 aliphatic heterocycles. The Bertz CT molecular complexity index is 406. The maximum Gasteiger partial charge on any atom is 0.229 e. The van der Waals surface area contributed by atoms with E-state index in [2.05, 4.69) is 15.0 Å². The monoisotopic (exact) mass is 237 g/mol. The zero-order valence-electron chi connectivity index (χ0n) is 10.4. The van der Waals surface area contributed by atoms with Crippen LogP contribution in [0.1, 0.15) is 44.3 Å². The largest absolute Gasteiger partial charge is 0.387 e. The van der Waals surface area contributed by atoms with E-state index in [4.69, 9.17) is 4.52 Å². The van der Waals surface area contributed by atoms with Crippen LogP contribution in [0.25, 0.3) is 0 Å². The van der Waals surface area contributed by atoms with Crippen molar-refractivity contribution in [2.24, 2.45) is 5.92 Å². The van der Waals surface area contributed by atoms with E-state index in [0.29, 0.717) is 18.4 Å². The molecule has 0 unspecified atom stereocenters. The zero-order valence-corrected chi connectivity index (χ0v) is 10.4. The number of hydrogen-bond acceptors (Lipinski definition) is 5. The Morgan fingerprint density at radius 3 is 2.71 bits per heavy atom. The van der Waals surface area contributed by atoms with Crippen LogP contribution in [-0.2, 0) is 6.54 Å². The number of likely N-dealkylation sites (tertiary alicyclic amines) is 1. The average molecular weight is 237 g/mol. The van der Waals surface area contributed by atoms with Crippen LogP contribution in [0.5, 0.6) is 0 Å². The van der Waals surface area contributed by atoms with E-state index < -0.39 is 5.60 Å². The summed E-state index contributed by atoms with van der Waals surface area (Å²) in [5.74, 6) is 2.23. The van der Waals surface area contributed by atoms with Gasteiger partial charge in [0, 0.05) is 19.0 Å². The van der Waals surface area contributed by atoms with Crippen molar-refractivity contribution in [3.8, 4) is 0 Å². The molecule has 0 atom stereocenters. The van der Waals surface area contributed by atoms with Gasteiger partial charge in [-0.2, -0.15) is 4.98 Å². The van der Waals surface area contributed by atoms with Gasteiger partial charge in [0.1, 0.15) is 0 Å². The topological polar surface area (TPSA) is 62.4 Å². The Labute approximate surface area is 101 Å². The highest BCUT2D eigenvalue weighted by atomic mass is 16.5. The molecule has 0 spiro atoms. The first-order valence-corrected chi connectivity index (χ1v) is 6.34. The molecule has 1 aromatic heterocycles. The molecular formula is C12H19N3O2. The van der Waals surface area contributed by atoms with E-state index in [1.165, 1.54) is 12.8 Å². The predicted octanol–water partition coefficient (Wildman–Crippen LogP) is 1.15. The molecule has 0 radical (unpaired) electrons. The van der Waals surface area contributed by atoms with Crippen molar-refractivity contribution >= 4 is 0 Å². The summed E-state index contributed by atoms with van der Waals surface area (Å²) in [5, 5.41) is 14.1. The summed E-state index contributed by atoms with van der Waals surface area (Å²) in [6, 6.07) is 0. The van der Waals surface area contributed by atoms with Crippen molar-refractivity contribution in [1.29, 1.82) is 0 Å². The van der Waals surface area contributed by atoms with Crippen molar-refractivity contribution in [1.82, 2.24) is 15.0 Å². The second-order valence-electron chi connectivity index (χ2n) is 5.73. The Balaban J connectivity index is 1.54. The van der Waals surface area contributed by atoms with Gasteiger partial charge in [-0.1, -0.05) is 19.0 Å². The number of hydrogen-bond donors (Lipinski definition) is 1. The van der Waals surface area contributed by atoms with Crippen LogP contribution in [0.4, 0.5) is 0 Å². The molecular weight excluding hydrogens is 218 g/mol. The van der Waals surface area contributed by atoms with Crippen molar-refractivity contribution in [3.63, 3.8) is 0 Å². The van der Waals surface area contributed by atoms with Gasteiger partial charge in [0.25, 0.3) is 0 Å². The fourth-order valence-corrected chi connectivity index (χ4v) is 2.49. The van der Waals surface area contributed by atoms with Crippen molar-refractivity contribution in [3.05, 3.63) is 11.7 Å². The molecule has 1 aliphatic carbocycles. The number of rotatable bonds is 4. The maximum absolute atomic E-state index is 10.2. The molecule has 5 heteroatoms. The molecule has 0 aromatic carbocycles. The van der Waals surface area contributed by atoms with Crippen LogP contribution in [0.2, 0.25) is 0 Å². The summed E-state index contributed by atoms with van der Waals surface area (Å²) in [6.45, 7) is 6.26. The van der Waals surface area contributed by atoms with Crippen LogP contribution >= 0.6 is 0 Å². The van der Waals surface area contributed by atoms with Crippen molar-refractivity contribution < 1.29 is 9.63 Å². The fraction of sp³-hybridized carbons (Fsp3) is 0.833. The van der Waals surface area contributed by atoms with Crippen LogP contribution in [-0.4, -0.2) is 38.8 Å². The Hall–Kier alpha value is -0.940. The first-order chi connectivity index (χ1) is 8.07. The lowest BCUT2D eigenvalue weighted by atomic mass is 9.89. The lowest BCUT2D eigenvalue weighted by molar-refractivity contribution is -0.117. The van der Waals surface area contributed by atoms with Crippen molar-refractivity contribution in [2.75, 3.05) is 13.1 Å². The smallest absolute Gasteiger partial charge is 0.229 e. The molecule has 1 saturated heterocycles. The SMILES string of the molecule is CC(C)c1nc(CN2CC(O)(C3CC3)C2)no1. The van der Waals surface area contributed by atoms with Gasteiger partial charge in [-0.05, 0) is 18.8 Å². The molecule has 5 nitrogen and oxygen atoms in total. The van der Waals surface area contributed by atoms with Gasteiger partial charge in [-0.15, -0.1) is 0 Å². The first-order valence-electron chi connectivity index (χ1n) is 6.34. The van der Waals surface area contributed by atoms with Crippen LogP contribution in [0.15, 0.2) is 4.52 Å². The molecule has 94 valence electrons. The minimum absolute atomic E-state index is 0.274. The Morgan fingerprint density at radius 1 is 1.47 bits per heavy atom. The predicted molar refractivity (Wildman–Crippen MR) is 61.3 cm³/mol. The van der Waals surface area contributed by atoms with E-state index in [1.807, 2.05) is 13.8 Å². The van der Waals surface area contributed by atoms with Crippen LogP contribution < -0.4 is 0 Å². The normalized spacial score (nSPS) is 24.0. The van der Waals surface area contributed by atoms with Gasteiger partial charge in [0.2, 0.25) is 5.89 Å². The number of β-amino-alcohol motifs (C(OH)–C–C–N with tert-alkyl or cyclic N) is 1. The number of nitrogens with zero attached hydrogens (tertiary/aromatic N) is 3. The van der Waals surface area contributed by atoms with Gasteiger partial charge in [0.05, 0.1) is 12.1 Å². The average Bonchev–Trinajstić information content (AvgIpc) is 2.97. The van der Waals surface area contributed by atoms with Gasteiger partial charge in [-0.3, -0.25) is 4.90 Å². The molecule has 1 aromatic rings. The van der Waals surface area contributed by atoms with E-state index >= 15 is 0 Å². The summed E-state index contributed by atoms with van der Waals surface area (Å²) in [7, 11) is 0. The summed E-state index contributed by atoms with van der Waals surface area (Å²) in [5.41, 5.74) is -0.426. The minimum atomic E-state index is -0.426. The molecule has 2 fully saturated rings. The lowest BCUT2D eigenvalue weighted by Gasteiger charge is -2.46. The summed E-state index contributed by atoms with van der Waals surface area (Å²) < 4.78 is 5.16. The highest BCUT2D eigenvalue weighted by Gasteiger charge is 2.51. The van der Waals surface area contributed by atoms with Gasteiger partial charge < -0.3 is 9.63 Å². The summed E-state index contributed by atoms with van der Waals surface area (Å²) >= 11 is 0. The minimum Gasteiger partial charge on any atom is -0.387 e. The van der Waals surface area contributed by atoms with E-state index in [0.717, 1.165) is 18.9 Å². The lowest BCUT2D eigenvalue weighted by Crippen LogP contribution is -2.62. The van der Waals surface area contributed by atoms with E-state index in [1.54, 1.807) is 0 Å². The molecule has 2 aliphatic rings. The second-order valence-corrected chi connectivity index (χ2v) is 5.73. The molecule has 3 rings (SSSR count). The zero-order chi connectivity index (χ0) is 12.0. The first kappa shape index (κ1) is 11.2. The molecule has 1 N–H and O–H groups in total. The van der Waals surface area contributed by atoms with Gasteiger partial charge in [-0.25, -0.2) is 0 Å². The molecule has 2 heterocycles. The fourth-order valence-electron chi connectivity index (χ4n) is 2.49. The molecule has 0 amide bonds. The molecule has 0 bridgehead atoms. The summed E-state index contributed by atoms with van der Waals surface area (Å²) in [6.07, 6.45) is 2.37. The van der Waals surface area contributed by atoms with Crippen molar-refractivity contribution in [2.45, 2.75) is 44.8 Å². The van der Waals surface area contributed by atoms with Crippen LogP contribution in [0.3, 0.4) is 0 Å². The third-order valence-electron chi connectivity index (χ3n) is 3.67. The highest BCUT2D eigenvalue weighted by Crippen LogP contribution is 2.44. The Kier molecular flexibility index (Phi) is 2.48. The van der Waals surface area contributed by atoms with E-state index in [-0.39, 0.29) is 5.92 Å². The standard InChI is InChI=1S/C12H19N3O2/c1-8(2)11-13-10(14-17-11)5-15-6-12(16,7-15)9-3-4-9/h8-9,16H,3-7H2,1-2H3. The third kappa shape index (κ3) is 2.09. The number of aromatic nitrogens is 2. The molecule has 1 saturated carbocycles. The second kappa shape index (κ2) is 3.78. The molecule has 17 heavy (non-hydrogen) atoms. The van der Waals surface area contributed by atoms with Gasteiger partial charge >= 0.3 is 0 Å².